The number of nitrogens with one attached hydrogen (secondary N) is 1. The molecule has 0 aliphatic heterocycles. The number of hydrogen-bond acceptors (Lipinski definition) is 2. The molecular formula is C12H19N3. The molecule has 3 heteroatoms. The summed E-state index contributed by atoms with van der Waals surface area (Å²) in [5, 5.41) is 7.97. The summed E-state index contributed by atoms with van der Waals surface area (Å²) in [4.78, 5) is 0. The first kappa shape index (κ1) is 9.40. The molecule has 1 aromatic rings. The van der Waals surface area contributed by atoms with E-state index >= 15 is 0 Å². The van der Waals surface area contributed by atoms with E-state index in [4.69, 9.17) is 0 Å². The Balaban J connectivity index is 1.91. The van der Waals surface area contributed by atoms with Gasteiger partial charge in [0.2, 0.25) is 0 Å². The summed E-state index contributed by atoms with van der Waals surface area (Å²) in [5.41, 5.74) is 2.95. The molecule has 1 saturated carbocycles. The van der Waals surface area contributed by atoms with Crippen LogP contribution in [0, 0.1) is 0 Å². The predicted molar refractivity (Wildman–Crippen MR) is 59.9 cm³/mol. The Morgan fingerprint density at radius 3 is 2.87 bits per heavy atom. The molecule has 2 aliphatic carbocycles. The van der Waals surface area contributed by atoms with Gasteiger partial charge in [-0.15, -0.1) is 0 Å². The number of aromatic nitrogens is 2. The van der Waals surface area contributed by atoms with Gasteiger partial charge in [-0.05, 0) is 32.7 Å². The zero-order valence-electron chi connectivity index (χ0n) is 9.37. The third-order valence-corrected chi connectivity index (χ3v) is 4.00. The summed E-state index contributed by atoms with van der Waals surface area (Å²) >= 11 is 0. The van der Waals surface area contributed by atoms with Crippen molar-refractivity contribution in [2.45, 2.75) is 50.6 Å². The molecule has 0 amide bonds. The molecule has 15 heavy (non-hydrogen) atoms. The van der Waals surface area contributed by atoms with Crippen LogP contribution >= 0.6 is 0 Å². The van der Waals surface area contributed by atoms with Crippen LogP contribution in [0.2, 0.25) is 0 Å². The number of hydrogen-bond donors (Lipinski definition) is 1. The summed E-state index contributed by atoms with van der Waals surface area (Å²) in [7, 11) is 2.05. The van der Waals surface area contributed by atoms with E-state index in [0.29, 0.717) is 12.1 Å². The molecule has 3 nitrogen and oxygen atoms in total. The molecular weight excluding hydrogens is 186 g/mol. The number of nitrogens with zero attached hydrogens (tertiary/aromatic N) is 2. The zero-order chi connectivity index (χ0) is 10.3. The second kappa shape index (κ2) is 3.63. The highest BCUT2D eigenvalue weighted by Gasteiger charge is 2.28. The quantitative estimate of drug-likeness (QED) is 0.802. The minimum absolute atomic E-state index is 0.551. The Labute approximate surface area is 90.9 Å². The van der Waals surface area contributed by atoms with Crippen LogP contribution in [0.3, 0.4) is 0 Å². The molecule has 2 aliphatic rings. The zero-order valence-corrected chi connectivity index (χ0v) is 9.37. The van der Waals surface area contributed by atoms with E-state index in [0.717, 1.165) is 0 Å². The predicted octanol–water partition coefficient (Wildman–Crippen LogP) is 2.20. The van der Waals surface area contributed by atoms with Crippen LogP contribution in [0.1, 0.15) is 55.4 Å². The van der Waals surface area contributed by atoms with Gasteiger partial charge >= 0.3 is 0 Å². The standard InChI is InChI=1S/C12H19N3/c1-13-11-6-7-12-10(11)8-14-15(12)9-4-2-3-5-9/h8-9,11,13H,2-7H2,1H3/t11-/m0/s1. The summed E-state index contributed by atoms with van der Waals surface area (Å²) in [6, 6.07) is 1.25. The summed E-state index contributed by atoms with van der Waals surface area (Å²) in [6.45, 7) is 0. The highest BCUT2D eigenvalue weighted by molar-refractivity contribution is 5.27. The Kier molecular flexibility index (Phi) is 2.28. The van der Waals surface area contributed by atoms with Crippen LogP contribution < -0.4 is 5.32 Å². The summed E-state index contributed by atoms with van der Waals surface area (Å²) < 4.78 is 2.32. The monoisotopic (exact) mass is 205 g/mol. The Morgan fingerprint density at radius 1 is 1.33 bits per heavy atom. The molecule has 1 heterocycles. The Bertz CT molecular complexity index is 350. The van der Waals surface area contributed by atoms with Gasteiger partial charge < -0.3 is 5.32 Å². The first-order valence-electron chi connectivity index (χ1n) is 6.13. The maximum Gasteiger partial charge on any atom is 0.0540 e. The second-order valence-corrected chi connectivity index (χ2v) is 4.81. The highest BCUT2D eigenvalue weighted by atomic mass is 15.3. The molecule has 1 N–H and O–H groups in total. The van der Waals surface area contributed by atoms with Crippen LogP contribution in [0.5, 0.6) is 0 Å². The third kappa shape index (κ3) is 1.41. The van der Waals surface area contributed by atoms with Gasteiger partial charge in [-0.1, -0.05) is 12.8 Å². The normalized spacial score (nSPS) is 26.1. The van der Waals surface area contributed by atoms with Crippen molar-refractivity contribution in [3.8, 4) is 0 Å². The lowest BCUT2D eigenvalue weighted by atomic mass is 10.2. The van der Waals surface area contributed by atoms with Gasteiger partial charge in [0, 0.05) is 17.3 Å². The van der Waals surface area contributed by atoms with Gasteiger partial charge in [-0.3, -0.25) is 4.68 Å². The van der Waals surface area contributed by atoms with Gasteiger partial charge in [0.1, 0.15) is 0 Å². The molecule has 0 spiro atoms. The largest absolute Gasteiger partial charge is 0.313 e. The fourth-order valence-electron chi connectivity index (χ4n) is 3.15. The van der Waals surface area contributed by atoms with E-state index < -0.39 is 0 Å². The van der Waals surface area contributed by atoms with Gasteiger partial charge in [-0.25, -0.2) is 0 Å². The van der Waals surface area contributed by atoms with Crippen molar-refractivity contribution in [3.05, 3.63) is 17.5 Å². The maximum atomic E-state index is 4.59. The van der Waals surface area contributed by atoms with E-state index in [-0.39, 0.29) is 0 Å². The second-order valence-electron chi connectivity index (χ2n) is 4.81. The maximum absolute atomic E-state index is 4.59. The lowest BCUT2D eigenvalue weighted by molar-refractivity contribution is 0.449. The average molecular weight is 205 g/mol. The van der Waals surface area contributed by atoms with Crippen LogP contribution in [-0.2, 0) is 6.42 Å². The SMILES string of the molecule is CN[C@H]1CCc2c1cnn2C1CCCC1. The van der Waals surface area contributed by atoms with Crippen LogP contribution in [0.4, 0.5) is 0 Å². The van der Waals surface area contributed by atoms with E-state index in [1.165, 1.54) is 49.8 Å². The molecule has 0 bridgehead atoms. The Hall–Kier alpha value is -0.830. The number of fused-ring (bicyclic) bond motifs is 1. The number of rotatable bonds is 2. The van der Waals surface area contributed by atoms with Gasteiger partial charge in [0.25, 0.3) is 0 Å². The average Bonchev–Trinajstić information content (AvgIpc) is 2.93. The molecule has 0 radical (unpaired) electrons. The van der Waals surface area contributed by atoms with Crippen molar-refractivity contribution < 1.29 is 0 Å². The topological polar surface area (TPSA) is 29.9 Å². The molecule has 0 aromatic carbocycles. The van der Waals surface area contributed by atoms with E-state index in [1.54, 1.807) is 0 Å². The molecule has 3 rings (SSSR count). The van der Waals surface area contributed by atoms with Gasteiger partial charge in [0.05, 0.1) is 12.2 Å². The van der Waals surface area contributed by atoms with Crippen LogP contribution in [0.15, 0.2) is 6.20 Å². The summed E-state index contributed by atoms with van der Waals surface area (Å²) in [6.07, 6.45) is 9.97. The van der Waals surface area contributed by atoms with Crippen molar-refractivity contribution in [2.24, 2.45) is 0 Å². The van der Waals surface area contributed by atoms with Crippen molar-refractivity contribution >= 4 is 0 Å². The fraction of sp³-hybridized carbons (Fsp3) is 0.750. The first-order valence-corrected chi connectivity index (χ1v) is 6.13. The van der Waals surface area contributed by atoms with Crippen molar-refractivity contribution in [2.75, 3.05) is 7.05 Å². The molecule has 0 saturated heterocycles. The van der Waals surface area contributed by atoms with Gasteiger partial charge in [-0.2, -0.15) is 5.10 Å². The van der Waals surface area contributed by atoms with E-state index in [2.05, 4.69) is 21.3 Å². The molecule has 1 aromatic heterocycles. The Morgan fingerprint density at radius 2 is 2.13 bits per heavy atom. The van der Waals surface area contributed by atoms with E-state index in [9.17, 15) is 0 Å². The van der Waals surface area contributed by atoms with Gasteiger partial charge in [0.15, 0.2) is 0 Å². The third-order valence-electron chi connectivity index (χ3n) is 4.00. The summed E-state index contributed by atoms with van der Waals surface area (Å²) in [5.74, 6) is 0. The molecule has 1 atom stereocenters. The van der Waals surface area contributed by atoms with Crippen molar-refractivity contribution in [3.63, 3.8) is 0 Å². The lowest BCUT2D eigenvalue weighted by Crippen LogP contribution is -2.12. The highest BCUT2D eigenvalue weighted by Crippen LogP contribution is 2.36. The van der Waals surface area contributed by atoms with Crippen LogP contribution in [-0.4, -0.2) is 16.8 Å². The molecule has 82 valence electrons. The lowest BCUT2D eigenvalue weighted by Gasteiger charge is -2.12. The minimum atomic E-state index is 0.551. The molecule has 1 fully saturated rings. The van der Waals surface area contributed by atoms with Crippen LogP contribution in [0.25, 0.3) is 0 Å². The first-order chi connectivity index (χ1) is 7.40. The van der Waals surface area contributed by atoms with E-state index in [1.807, 2.05) is 7.05 Å². The molecule has 0 unspecified atom stereocenters. The van der Waals surface area contributed by atoms with Crippen molar-refractivity contribution in [1.29, 1.82) is 0 Å². The van der Waals surface area contributed by atoms with Crippen molar-refractivity contribution in [1.82, 2.24) is 15.1 Å². The minimum Gasteiger partial charge on any atom is -0.313 e. The smallest absolute Gasteiger partial charge is 0.0540 e. The fourth-order valence-corrected chi connectivity index (χ4v) is 3.15.